The average molecular weight is 232 g/mol. The van der Waals surface area contributed by atoms with Crippen LogP contribution in [0.2, 0.25) is 0 Å². The normalized spacial score (nSPS) is 12.0. The van der Waals surface area contributed by atoms with Crippen LogP contribution in [0.5, 0.6) is 0 Å². The number of alkyl halides is 3. The molecule has 1 aromatic rings. The lowest BCUT2D eigenvalue weighted by molar-refractivity contribution is -0.137. The smallest absolute Gasteiger partial charge is 0.394 e. The van der Waals surface area contributed by atoms with Gasteiger partial charge >= 0.3 is 6.18 Å². The van der Waals surface area contributed by atoms with E-state index in [1.807, 2.05) is 0 Å². The first-order valence-electron chi connectivity index (χ1n) is 4.56. The molecule has 0 aliphatic carbocycles. The number of hydrogen-bond acceptors (Lipinski definition) is 3. The molecule has 0 fully saturated rings. The average Bonchev–Trinajstić information content (AvgIpc) is 2.24. The van der Waals surface area contributed by atoms with Crippen LogP contribution < -0.4 is 5.73 Å². The Balaban J connectivity index is 2.61. The molecule has 1 rings (SSSR count). The van der Waals surface area contributed by atoms with Crippen molar-refractivity contribution in [3.05, 3.63) is 35.4 Å². The summed E-state index contributed by atoms with van der Waals surface area (Å²) < 4.78 is 36.6. The van der Waals surface area contributed by atoms with Crippen LogP contribution >= 0.6 is 0 Å². The van der Waals surface area contributed by atoms with Crippen molar-refractivity contribution < 1.29 is 18.0 Å². The second-order valence-corrected chi connectivity index (χ2v) is 2.98. The van der Waals surface area contributed by atoms with Gasteiger partial charge in [0.05, 0.1) is 11.8 Å². The first-order valence-corrected chi connectivity index (χ1v) is 4.56. The molecule has 3 nitrogen and oxygen atoms in total. The Morgan fingerprint density at radius 3 is 2.38 bits per heavy atom. The molecule has 16 heavy (non-hydrogen) atoms. The fourth-order valence-corrected chi connectivity index (χ4v) is 0.962. The van der Waals surface area contributed by atoms with Gasteiger partial charge in [0.2, 0.25) is 0 Å². The van der Waals surface area contributed by atoms with Crippen LogP contribution in [0.4, 0.5) is 13.2 Å². The van der Waals surface area contributed by atoms with Crippen LogP contribution in [0.15, 0.2) is 29.4 Å². The van der Waals surface area contributed by atoms with Crippen molar-refractivity contribution in [2.45, 2.75) is 6.18 Å². The van der Waals surface area contributed by atoms with Gasteiger partial charge in [0.15, 0.2) is 0 Å². The number of hydrogen-bond donors (Lipinski definition) is 1. The minimum atomic E-state index is -4.31. The Kier molecular flexibility index (Phi) is 4.30. The quantitative estimate of drug-likeness (QED) is 0.490. The van der Waals surface area contributed by atoms with Crippen LogP contribution in [0, 0.1) is 0 Å². The number of rotatable bonds is 4. The van der Waals surface area contributed by atoms with E-state index in [1.54, 1.807) is 0 Å². The fourth-order valence-electron chi connectivity index (χ4n) is 0.962. The first-order chi connectivity index (χ1) is 7.54. The van der Waals surface area contributed by atoms with E-state index in [1.165, 1.54) is 18.3 Å². The summed E-state index contributed by atoms with van der Waals surface area (Å²) in [5.74, 6) is 0. The fraction of sp³-hybridized carbons (Fsp3) is 0.300. The second-order valence-electron chi connectivity index (χ2n) is 2.98. The number of halogens is 3. The molecule has 88 valence electrons. The van der Waals surface area contributed by atoms with Gasteiger partial charge < -0.3 is 10.6 Å². The Hall–Kier alpha value is -1.56. The van der Waals surface area contributed by atoms with Crippen molar-refractivity contribution in [3.63, 3.8) is 0 Å². The maximum absolute atomic E-state index is 12.2. The van der Waals surface area contributed by atoms with Crippen molar-refractivity contribution in [2.75, 3.05) is 13.2 Å². The van der Waals surface area contributed by atoms with Crippen molar-refractivity contribution in [1.29, 1.82) is 0 Å². The molecule has 0 unspecified atom stereocenters. The number of oxime groups is 1. The van der Waals surface area contributed by atoms with Crippen LogP contribution in [0.25, 0.3) is 0 Å². The van der Waals surface area contributed by atoms with E-state index in [9.17, 15) is 13.2 Å². The highest BCUT2D eigenvalue weighted by Crippen LogP contribution is 2.28. The highest BCUT2D eigenvalue weighted by molar-refractivity contribution is 5.79. The van der Waals surface area contributed by atoms with E-state index >= 15 is 0 Å². The van der Waals surface area contributed by atoms with E-state index in [0.717, 1.165) is 12.1 Å². The van der Waals surface area contributed by atoms with Crippen molar-refractivity contribution in [1.82, 2.24) is 0 Å². The standard InChI is InChI=1S/C10H11F3N2O/c11-10(12,13)9-3-1-8(2-4-9)7-15-16-6-5-14/h1-4,7H,5-6,14H2/b15-7+. The Morgan fingerprint density at radius 1 is 1.25 bits per heavy atom. The minimum Gasteiger partial charge on any atom is -0.394 e. The zero-order valence-corrected chi connectivity index (χ0v) is 8.37. The summed E-state index contributed by atoms with van der Waals surface area (Å²) in [4.78, 5) is 4.71. The Morgan fingerprint density at radius 2 is 1.88 bits per heavy atom. The summed E-state index contributed by atoms with van der Waals surface area (Å²) in [6.45, 7) is 0.613. The van der Waals surface area contributed by atoms with E-state index < -0.39 is 11.7 Å². The van der Waals surface area contributed by atoms with Crippen LogP contribution in [-0.2, 0) is 11.0 Å². The molecule has 0 radical (unpaired) electrons. The lowest BCUT2D eigenvalue weighted by Crippen LogP contribution is -2.05. The summed E-state index contributed by atoms with van der Waals surface area (Å²) >= 11 is 0. The molecule has 2 N–H and O–H groups in total. The van der Waals surface area contributed by atoms with Crippen LogP contribution in [0.3, 0.4) is 0 Å². The SMILES string of the molecule is NCCO/N=C/c1ccc(C(F)(F)F)cc1. The molecule has 0 aromatic heterocycles. The molecule has 0 spiro atoms. The van der Waals surface area contributed by atoms with Gasteiger partial charge in [-0.25, -0.2) is 0 Å². The van der Waals surface area contributed by atoms with Crippen LogP contribution in [0.1, 0.15) is 11.1 Å². The van der Waals surface area contributed by atoms with Gasteiger partial charge in [-0.15, -0.1) is 0 Å². The highest BCUT2D eigenvalue weighted by Gasteiger charge is 2.29. The Bertz CT molecular complexity index is 346. The van der Waals surface area contributed by atoms with Gasteiger partial charge in [0.1, 0.15) is 6.61 Å². The third kappa shape index (κ3) is 3.90. The van der Waals surface area contributed by atoms with Gasteiger partial charge in [-0.1, -0.05) is 17.3 Å². The molecule has 0 heterocycles. The van der Waals surface area contributed by atoms with Gasteiger partial charge in [0, 0.05) is 6.54 Å². The second kappa shape index (κ2) is 5.50. The minimum absolute atomic E-state index is 0.275. The predicted octanol–water partition coefficient (Wildman–Crippen LogP) is 2.01. The molecular formula is C10H11F3N2O. The number of nitrogens with two attached hydrogens (primary N) is 1. The molecule has 6 heteroatoms. The van der Waals surface area contributed by atoms with Gasteiger partial charge in [-0.3, -0.25) is 0 Å². The topological polar surface area (TPSA) is 47.6 Å². The zero-order valence-electron chi connectivity index (χ0n) is 8.37. The van der Waals surface area contributed by atoms with Crippen molar-refractivity contribution in [3.8, 4) is 0 Å². The third-order valence-corrected chi connectivity index (χ3v) is 1.72. The van der Waals surface area contributed by atoms with E-state index in [2.05, 4.69) is 5.16 Å². The highest BCUT2D eigenvalue weighted by atomic mass is 19.4. The molecule has 1 aromatic carbocycles. The lowest BCUT2D eigenvalue weighted by Gasteiger charge is -2.05. The summed E-state index contributed by atoms with van der Waals surface area (Å²) in [6.07, 6.45) is -2.98. The molecule has 0 saturated carbocycles. The number of benzene rings is 1. The van der Waals surface area contributed by atoms with E-state index in [-0.39, 0.29) is 6.61 Å². The van der Waals surface area contributed by atoms with Gasteiger partial charge in [-0.05, 0) is 17.7 Å². The molecule has 0 atom stereocenters. The van der Waals surface area contributed by atoms with Crippen molar-refractivity contribution >= 4 is 6.21 Å². The monoisotopic (exact) mass is 232 g/mol. The summed E-state index contributed by atoms with van der Waals surface area (Å²) in [6, 6.07) is 4.62. The zero-order chi connectivity index (χ0) is 12.0. The first kappa shape index (κ1) is 12.5. The number of nitrogens with zero attached hydrogens (tertiary/aromatic N) is 1. The van der Waals surface area contributed by atoms with Gasteiger partial charge in [0.25, 0.3) is 0 Å². The van der Waals surface area contributed by atoms with Gasteiger partial charge in [-0.2, -0.15) is 13.2 Å². The van der Waals surface area contributed by atoms with E-state index in [0.29, 0.717) is 12.1 Å². The Labute approximate surface area is 90.7 Å². The molecule has 0 bridgehead atoms. The predicted molar refractivity (Wildman–Crippen MR) is 54.0 cm³/mol. The van der Waals surface area contributed by atoms with Crippen molar-refractivity contribution in [2.24, 2.45) is 10.9 Å². The molecule has 0 aliphatic rings. The summed E-state index contributed by atoms with van der Waals surface area (Å²) in [5, 5.41) is 3.54. The molecule has 0 amide bonds. The summed E-state index contributed by atoms with van der Waals surface area (Å²) in [7, 11) is 0. The molecule has 0 saturated heterocycles. The lowest BCUT2D eigenvalue weighted by atomic mass is 10.1. The largest absolute Gasteiger partial charge is 0.416 e. The maximum atomic E-state index is 12.2. The summed E-state index contributed by atoms with van der Waals surface area (Å²) in [5.41, 5.74) is 5.00. The van der Waals surface area contributed by atoms with E-state index in [4.69, 9.17) is 10.6 Å². The maximum Gasteiger partial charge on any atom is 0.416 e. The third-order valence-electron chi connectivity index (χ3n) is 1.72. The molecule has 0 aliphatic heterocycles. The van der Waals surface area contributed by atoms with Crippen LogP contribution in [-0.4, -0.2) is 19.4 Å². The molecular weight excluding hydrogens is 221 g/mol.